The van der Waals surface area contributed by atoms with Gasteiger partial charge in [-0.05, 0) is 64.5 Å². The Morgan fingerprint density at radius 1 is 1.13 bits per heavy atom. The second-order valence-corrected chi connectivity index (χ2v) is 10.2. The van der Waals surface area contributed by atoms with E-state index >= 15 is 0 Å². The quantitative estimate of drug-likeness (QED) is 0.495. The summed E-state index contributed by atoms with van der Waals surface area (Å²) in [6.45, 7) is 13.1. The maximum absolute atomic E-state index is 4.11. The predicted octanol–water partition coefficient (Wildman–Crippen LogP) is 8.01. The molecule has 0 saturated carbocycles. The van der Waals surface area contributed by atoms with Crippen molar-refractivity contribution in [3.05, 3.63) is 113 Å². The van der Waals surface area contributed by atoms with Crippen molar-refractivity contribution in [2.75, 3.05) is 0 Å². The van der Waals surface area contributed by atoms with Gasteiger partial charge >= 0.3 is 0 Å². The first-order valence-corrected chi connectivity index (χ1v) is 11.6. The highest BCUT2D eigenvalue weighted by molar-refractivity contribution is 8.00. The van der Waals surface area contributed by atoms with E-state index in [0.717, 1.165) is 0 Å². The Bertz CT molecular complexity index is 1180. The van der Waals surface area contributed by atoms with Crippen LogP contribution in [0, 0.1) is 6.92 Å². The molecule has 0 N–H and O–H groups in total. The number of hydrogen-bond donors (Lipinski definition) is 0. The van der Waals surface area contributed by atoms with Gasteiger partial charge in [-0.2, -0.15) is 0 Å². The average Bonchev–Trinajstić information content (AvgIpc) is 3.21. The van der Waals surface area contributed by atoms with Crippen molar-refractivity contribution in [1.29, 1.82) is 0 Å². The Morgan fingerprint density at radius 3 is 2.73 bits per heavy atom. The van der Waals surface area contributed by atoms with Crippen LogP contribution < -0.4 is 0 Å². The summed E-state index contributed by atoms with van der Waals surface area (Å²) in [6.07, 6.45) is 13.6. The molecule has 150 valence electrons. The summed E-state index contributed by atoms with van der Waals surface area (Å²) in [4.78, 5) is 1.47. The van der Waals surface area contributed by atoms with Crippen LogP contribution in [-0.2, 0) is 5.41 Å². The Labute approximate surface area is 184 Å². The first kappa shape index (κ1) is 19.5. The monoisotopic (exact) mass is 408 g/mol. The van der Waals surface area contributed by atoms with E-state index in [1.54, 1.807) is 0 Å². The number of rotatable bonds is 3. The van der Waals surface area contributed by atoms with Crippen LogP contribution in [0.5, 0.6) is 0 Å². The Balaban J connectivity index is 1.54. The molecule has 2 aliphatic carbocycles. The van der Waals surface area contributed by atoms with Crippen molar-refractivity contribution < 1.29 is 0 Å². The third-order valence-electron chi connectivity index (χ3n) is 6.85. The summed E-state index contributed by atoms with van der Waals surface area (Å²) < 4.78 is 0. The molecule has 1 heteroatoms. The van der Waals surface area contributed by atoms with Crippen LogP contribution in [-0.4, -0.2) is 5.25 Å². The molecule has 0 aromatic heterocycles. The van der Waals surface area contributed by atoms with E-state index in [1.807, 2.05) is 17.8 Å². The van der Waals surface area contributed by atoms with Gasteiger partial charge in [0.25, 0.3) is 0 Å². The zero-order valence-corrected chi connectivity index (χ0v) is 19.0. The van der Waals surface area contributed by atoms with Gasteiger partial charge in [0.1, 0.15) is 0 Å². The number of fused-ring (bicyclic) bond motifs is 4. The molecule has 30 heavy (non-hydrogen) atoms. The normalized spacial score (nSPS) is 23.4. The molecule has 0 nitrogen and oxygen atoms in total. The van der Waals surface area contributed by atoms with Gasteiger partial charge in [0.15, 0.2) is 0 Å². The lowest BCUT2D eigenvalue weighted by Crippen LogP contribution is -2.16. The van der Waals surface area contributed by atoms with E-state index in [1.165, 1.54) is 49.4 Å². The molecule has 1 aliphatic heterocycles. The molecule has 0 spiro atoms. The minimum absolute atomic E-state index is 0.0289. The molecular formula is C29H28S. The first-order chi connectivity index (χ1) is 14.5. The number of benzene rings is 2. The fraction of sp³-hybridized carbons (Fsp3) is 0.241. The van der Waals surface area contributed by atoms with Gasteiger partial charge < -0.3 is 0 Å². The summed E-state index contributed by atoms with van der Waals surface area (Å²) in [5.41, 5.74) is 10.9. The summed E-state index contributed by atoms with van der Waals surface area (Å²) in [5.74, 6) is 0.495. The second kappa shape index (κ2) is 7.03. The summed E-state index contributed by atoms with van der Waals surface area (Å²) in [5, 5.41) is 0.489. The van der Waals surface area contributed by atoms with Crippen LogP contribution in [0.3, 0.4) is 0 Å². The van der Waals surface area contributed by atoms with Crippen LogP contribution in [0.2, 0.25) is 0 Å². The number of allylic oxidation sites excluding steroid dienone is 8. The molecule has 0 amide bonds. The van der Waals surface area contributed by atoms with Crippen LogP contribution in [0.1, 0.15) is 54.5 Å². The molecular weight excluding hydrogens is 380 g/mol. The van der Waals surface area contributed by atoms with Gasteiger partial charge in [-0.3, -0.25) is 0 Å². The van der Waals surface area contributed by atoms with E-state index in [9.17, 15) is 0 Å². The maximum atomic E-state index is 4.11. The van der Waals surface area contributed by atoms with E-state index in [0.29, 0.717) is 11.2 Å². The van der Waals surface area contributed by atoms with Crippen molar-refractivity contribution in [2.45, 2.75) is 49.2 Å². The molecule has 2 atom stereocenters. The lowest BCUT2D eigenvalue weighted by atomic mass is 9.80. The minimum Gasteiger partial charge on any atom is -0.117 e. The molecule has 2 aromatic carbocycles. The maximum Gasteiger partial charge on any atom is 0.0387 e. The van der Waals surface area contributed by atoms with Crippen molar-refractivity contribution in [3.8, 4) is 0 Å². The first-order valence-electron chi connectivity index (χ1n) is 10.8. The topological polar surface area (TPSA) is 0 Å². The van der Waals surface area contributed by atoms with E-state index < -0.39 is 0 Å². The highest BCUT2D eigenvalue weighted by atomic mass is 32.2. The molecule has 0 radical (unpaired) electrons. The minimum atomic E-state index is -0.0289. The SMILES string of the molecule is C=CC1=C(/C=C\C)c2ccc(C3=CC4Sc5c(C)cccc5C4C=C3)cc2C1(C)C. The molecule has 5 rings (SSSR count). The van der Waals surface area contributed by atoms with Gasteiger partial charge in [0.05, 0.1) is 0 Å². The van der Waals surface area contributed by atoms with Gasteiger partial charge in [0.2, 0.25) is 0 Å². The summed E-state index contributed by atoms with van der Waals surface area (Å²) >= 11 is 2.02. The number of aryl methyl sites for hydroxylation is 1. The van der Waals surface area contributed by atoms with E-state index in [4.69, 9.17) is 0 Å². The van der Waals surface area contributed by atoms with E-state index in [2.05, 4.69) is 101 Å². The second-order valence-electron chi connectivity index (χ2n) is 9.00. The fourth-order valence-corrected chi connectivity index (χ4v) is 6.75. The molecule has 2 unspecified atom stereocenters. The Morgan fingerprint density at radius 2 is 1.97 bits per heavy atom. The van der Waals surface area contributed by atoms with Crippen molar-refractivity contribution in [3.63, 3.8) is 0 Å². The highest BCUT2D eigenvalue weighted by Gasteiger charge is 2.36. The Kier molecular flexibility index (Phi) is 4.56. The zero-order chi connectivity index (χ0) is 21.0. The molecule has 0 bridgehead atoms. The third kappa shape index (κ3) is 2.76. The largest absolute Gasteiger partial charge is 0.117 e. The molecule has 3 aliphatic rings. The third-order valence-corrected chi connectivity index (χ3v) is 8.35. The lowest BCUT2D eigenvalue weighted by molar-refractivity contribution is 0.654. The average molecular weight is 409 g/mol. The molecule has 1 heterocycles. The molecule has 0 fully saturated rings. The van der Waals surface area contributed by atoms with Crippen molar-refractivity contribution in [2.24, 2.45) is 0 Å². The lowest BCUT2D eigenvalue weighted by Gasteiger charge is -2.24. The van der Waals surface area contributed by atoms with Crippen LogP contribution in [0.4, 0.5) is 0 Å². The van der Waals surface area contributed by atoms with Gasteiger partial charge in [0, 0.05) is 21.5 Å². The predicted molar refractivity (Wildman–Crippen MR) is 132 cm³/mol. The summed E-state index contributed by atoms with van der Waals surface area (Å²) in [6, 6.07) is 13.7. The number of hydrogen-bond acceptors (Lipinski definition) is 1. The van der Waals surface area contributed by atoms with E-state index in [-0.39, 0.29) is 5.41 Å². The zero-order valence-electron chi connectivity index (χ0n) is 18.2. The van der Waals surface area contributed by atoms with Crippen molar-refractivity contribution >= 4 is 22.9 Å². The van der Waals surface area contributed by atoms with Gasteiger partial charge in [-0.1, -0.05) is 87.2 Å². The van der Waals surface area contributed by atoms with Crippen molar-refractivity contribution in [1.82, 2.24) is 0 Å². The fourth-order valence-electron chi connectivity index (χ4n) is 5.28. The Hall–Kier alpha value is -2.51. The van der Waals surface area contributed by atoms with Gasteiger partial charge in [-0.25, -0.2) is 0 Å². The molecule has 2 aromatic rings. The van der Waals surface area contributed by atoms with Gasteiger partial charge in [-0.15, -0.1) is 11.8 Å². The van der Waals surface area contributed by atoms with Crippen LogP contribution in [0.25, 0.3) is 11.1 Å². The highest BCUT2D eigenvalue weighted by Crippen LogP contribution is 2.52. The number of thioether (sulfide) groups is 1. The smallest absolute Gasteiger partial charge is 0.0387 e. The van der Waals surface area contributed by atoms with Crippen LogP contribution >= 0.6 is 11.8 Å². The standard InChI is InChI=1S/C29H28S/c1-6-9-21-22-14-12-19(16-26(22)29(4,5)25(21)7-2)20-13-15-23-24-11-8-10-18(3)28(24)30-27(23)17-20/h6-17,23,27H,2H2,1,3-5H3/b9-6-. The summed E-state index contributed by atoms with van der Waals surface area (Å²) in [7, 11) is 0. The molecule has 0 saturated heterocycles. The van der Waals surface area contributed by atoms with Crippen LogP contribution in [0.15, 0.2) is 89.9 Å².